The summed E-state index contributed by atoms with van der Waals surface area (Å²) >= 11 is 3.46. The molecular formula is C12H16BrNO. The van der Waals surface area contributed by atoms with Gasteiger partial charge < -0.3 is 10.1 Å². The van der Waals surface area contributed by atoms with Crippen molar-refractivity contribution >= 4 is 15.9 Å². The van der Waals surface area contributed by atoms with Gasteiger partial charge in [-0.15, -0.1) is 0 Å². The fraction of sp³-hybridized carbons (Fsp3) is 0.500. The Morgan fingerprint density at radius 3 is 3.00 bits per heavy atom. The van der Waals surface area contributed by atoms with E-state index in [1.807, 2.05) is 6.07 Å². The Morgan fingerprint density at radius 2 is 2.27 bits per heavy atom. The number of hydrogen-bond donors (Lipinski definition) is 1. The zero-order valence-corrected chi connectivity index (χ0v) is 10.7. The molecule has 1 aliphatic heterocycles. The van der Waals surface area contributed by atoms with Gasteiger partial charge in [-0.25, -0.2) is 0 Å². The quantitative estimate of drug-likeness (QED) is 0.910. The largest absolute Gasteiger partial charge is 0.488 e. The minimum Gasteiger partial charge on any atom is -0.488 e. The molecule has 1 N–H and O–H groups in total. The Morgan fingerprint density at radius 1 is 1.47 bits per heavy atom. The molecule has 2 unspecified atom stereocenters. The molecule has 0 fully saturated rings. The molecule has 82 valence electrons. The number of nitrogens with one attached hydrogen (secondary N) is 1. The van der Waals surface area contributed by atoms with Crippen LogP contribution in [0.4, 0.5) is 0 Å². The molecule has 0 aromatic heterocycles. The van der Waals surface area contributed by atoms with Crippen LogP contribution in [0.2, 0.25) is 0 Å². The zero-order valence-electron chi connectivity index (χ0n) is 9.09. The van der Waals surface area contributed by atoms with Crippen molar-refractivity contribution in [2.24, 2.45) is 0 Å². The minimum absolute atomic E-state index is 0.223. The highest BCUT2D eigenvalue weighted by Crippen LogP contribution is 2.38. The highest BCUT2D eigenvalue weighted by atomic mass is 79.9. The fourth-order valence-electron chi connectivity index (χ4n) is 1.96. The van der Waals surface area contributed by atoms with Crippen LogP contribution in [0.3, 0.4) is 0 Å². The summed E-state index contributed by atoms with van der Waals surface area (Å²) in [6, 6.07) is 6.59. The van der Waals surface area contributed by atoms with E-state index in [0.717, 1.165) is 23.2 Å². The van der Waals surface area contributed by atoms with Crippen molar-refractivity contribution in [3.8, 4) is 5.75 Å². The van der Waals surface area contributed by atoms with Crippen molar-refractivity contribution in [1.29, 1.82) is 0 Å². The van der Waals surface area contributed by atoms with Crippen LogP contribution >= 0.6 is 15.9 Å². The fourth-order valence-corrected chi connectivity index (χ4v) is 2.30. The first-order valence-electron chi connectivity index (χ1n) is 5.42. The van der Waals surface area contributed by atoms with E-state index >= 15 is 0 Å². The molecule has 2 rings (SSSR count). The molecule has 3 heteroatoms. The number of hydrogen-bond acceptors (Lipinski definition) is 2. The average molecular weight is 270 g/mol. The summed E-state index contributed by atoms with van der Waals surface area (Å²) in [4.78, 5) is 0. The highest BCUT2D eigenvalue weighted by molar-refractivity contribution is 9.10. The Balaban J connectivity index is 2.21. The summed E-state index contributed by atoms with van der Waals surface area (Å²) in [5.74, 6) is 1.01. The lowest BCUT2D eigenvalue weighted by Crippen LogP contribution is -2.29. The van der Waals surface area contributed by atoms with Gasteiger partial charge in [0, 0.05) is 10.0 Å². The van der Waals surface area contributed by atoms with Crippen molar-refractivity contribution < 1.29 is 4.74 Å². The molecule has 0 aliphatic carbocycles. The summed E-state index contributed by atoms with van der Waals surface area (Å²) in [7, 11) is 0. The van der Waals surface area contributed by atoms with Gasteiger partial charge in [-0.3, -0.25) is 0 Å². The van der Waals surface area contributed by atoms with Crippen LogP contribution in [0.25, 0.3) is 0 Å². The van der Waals surface area contributed by atoms with Crippen LogP contribution < -0.4 is 10.1 Å². The molecular weight excluding hydrogens is 254 g/mol. The maximum absolute atomic E-state index is 5.80. The summed E-state index contributed by atoms with van der Waals surface area (Å²) < 4.78 is 6.88. The van der Waals surface area contributed by atoms with Crippen molar-refractivity contribution in [3.63, 3.8) is 0 Å². The van der Waals surface area contributed by atoms with Crippen molar-refractivity contribution in [1.82, 2.24) is 5.32 Å². The van der Waals surface area contributed by atoms with Gasteiger partial charge in [-0.2, -0.15) is 0 Å². The van der Waals surface area contributed by atoms with Gasteiger partial charge in [0.2, 0.25) is 0 Å². The van der Waals surface area contributed by atoms with Crippen LogP contribution in [0, 0.1) is 0 Å². The first kappa shape index (κ1) is 11.0. The van der Waals surface area contributed by atoms with Gasteiger partial charge in [-0.1, -0.05) is 28.9 Å². The van der Waals surface area contributed by atoms with E-state index in [4.69, 9.17) is 4.74 Å². The third-order valence-electron chi connectivity index (χ3n) is 2.71. The van der Waals surface area contributed by atoms with Crippen molar-refractivity contribution in [2.75, 3.05) is 6.54 Å². The number of ether oxygens (including phenoxy) is 1. The number of halogens is 1. The topological polar surface area (TPSA) is 21.3 Å². The molecule has 0 saturated heterocycles. The third-order valence-corrected chi connectivity index (χ3v) is 3.20. The predicted molar refractivity (Wildman–Crippen MR) is 65.3 cm³/mol. The van der Waals surface area contributed by atoms with E-state index in [0.29, 0.717) is 6.04 Å². The second kappa shape index (κ2) is 4.54. The summed E-state index contributed by atoms with van der Waals surface area (Å²) in [6.45, 7) is 5.32. The molecule has 15 heavy (non-hydrogen) atoms. The van der Waals surface area contributed by atoms with E-state index in [1.54, 1.807) is 0 Å². The first-order chi connectivity index (χ1) is 7.22. The molecule has 0 amide bonds. The molecule has 0 spiro atoms. The first-order valence-corrected chi connectivity index (χ1v) is 6.21. The zero-order chi connectivity index (χ0) is 10.8. The molecule has 0 radical (unpaired) electrons. The normalized spacial score (nSPS) is 23.7. The lowest BCUT2D eigenvalue weighted by atomic mass is 10.0. The van der Waals surface area contributed by atoms with E-state index in [2.05, 4.69) is 47.2 Å². The van der Waals surface area contributed by atoms with Gasteiger partial charge in [0.05, 0.1) is 6.04 Å². The summed E-state index contributed by atoms with van der Waals surface area (Å²) in [6.07, 6.45) is 1.37. The molecule has 0 bridgehead atoms. The Bertz CT molecular complexity index is 353. The Kier molecular flexibility index (Phi) is 3.32. The van der Waals surface area contributed by atoms with Crippen molar-refractivity contribution in [3.05, 3.63) is 28.2 Å². The summed E-state index contributed by atoms with van der Waals surface area (Å²) in [5, 5.41) is 3.52. The summed E-state index contributed by atoms with van der Waals surface area (Å²) in [5.41, 5.74) is 1.28. The molecule has 2 atom stereocenters. The van der Waals surface area contributed by atoms with Crippen LogP contribution in [0.15, 0.2) is 22.7 Å². The predicted octanol–water partition coefficient (Wildman–Crippen LogP) is 3.27. The number of rotatable bonds is 3. The minimum atomic E-state index is 0.223. The SMILES string of the molecule is CCCNC1c2ccc(Br)cc2OC1C. The Hall–Kier alpha value is -0.540. The second-order valence-corrected chi connectivity index (χ2v) is 4.85. The molecule has 1 aliphatic rings. The maximum atomic E-state index is 5.80. The van der Waals surface area contributed by atoms with Gasteiger partial charge in [0.25, 0.3) is 0 Å². The highest BCUT2D eigenvalue weighted by Gasteiger charge is 2.30. The molecule has 0 saturated carbocycles. The molecule has 1 aromatic rings. The van der Waals surface area contributed by atoms with Crippen LogP contribution in [0.1, 0.15) is 31.9 Å². The van der Waals surface area contributed by atoms with Gasteiger partial charge in [-0.05, 0) is 32.0 Å². The lowest BCUT2D eigenvalue weighted by Gasteiger charge is -2.15. The third kappa shape index (κ3) is 2.18. The average Bonchev–Trinajstić information content (AvgIpc) is 2.50. The van der Waals surface area contributed by atoms with E-state index in [9.17, 15) is 0 Å². The van der Waals surface area contributed by atoms with E-state index in [-0.39, 0.29) is 6.10 Å². The molecule has 1 heterocycles. The van der Waals surface area contributed by atoms with Gasteiger partial charge in [0.15, 0.2) is 0 Å². The standard InChI is InChI=1S/C12H16BrNO/c1-3-6-14-12-8(2)15-11-7-9(13)4-5-10(11)12/h4-5,7-8,12,14H,3,6H2,1-2H3. The Labute approximate surface area is 99.1 Å². The van der Waals surface area contributed by atoms with E-state index < -0.39 is 0 Å². The molecule has 2 nitrogen and oxygen atoms in total. The van der Waals surface area contributed by atoms with Crippen molar-refractivity contribution in [2.45, 2.75) is 32.4 Å². The van der Waals surface area contributed by atoms with E-state index in [1.165, 1.54) is 5.56 Å². The molecule has 1 aromatic carbocycles. The van der Waals surface area contributed by atoms with Crippen LogP contribution in [-0.2, 0) is 0 Å². The lowest BCUT2D eigenvalue weighted by molar-refractivity contribution is 0.210. The number of benzene rings is 1. The van der Waals surface area contributed by atoms with Crippen LogP contribution in [-0.4, -0.2) is 12.6 Å². The van der Waals surface area contributed by atoms with Gasteiger partial charge >= 0.3 is 0 Å². The number of fused-ring (bicyclic) bond motifs is 1. The van der Waals surface area contributed by atoms with Gasteiger partial charge in [0.1, 0.15) is 11.9 Å². The smallest absolute Gasteiger partial charge is 0.125 e. The second-order valence-electron chi connectivity index (χ2n) is 3.94. The maximum Gasteiger partial charge on any atom is 0.125 e. The van der Waals surface area contributed by atoms with Crippen LogP contribution in [0.5, 0.6) is 5.75 Å². The monoisotopic (exact) mass is 269 g/mol.